The molecule has 0 aliphatic carbocycles. The minimum Gasteiger partial charge on any atom is -0.435 e. The number of ether oxygens (including phenoxy) is 1. The first-order valence-electron chi connectivity index (χ1n) is 10.4. The maximum atomic E-state index is 12.3. The van der Waals surface area contributed by atoms with Crippen LogP contribution in [0.2, 0.25) is 0 Å². The number of alkyl halides is 2. The number of carbonyl (C=O) groups excluding carboxylic acids is 1. The average Bonchev–Trinajstić information content (AvgIpc) is 2.71. The number of nitrogens with zero attached hydrogens (tertiary/aromatic N) is 3. The summed E-state index contributed by atoms with van der Waals surface area (Å²) in [7, 11) is 3.42. The Morgan fingerprint density at radius 3 is 2.58 bits per heavy atom. The van der Waals surface area contributed by atoms with Crippen molar-refractivity contribution < 1.29 is 18.3 Å². The summed E-state index contributed by atoms with van der Waals surface area (Å²) in [4.78, 5) is 20.1. The summed E-state index contributed by atoms with van der Waals surface area (Å²) in [5.41, 5.74) is 0.958. The highest BCUT2D eigenvalue weighted by Gasteiger charge is 2.22. The highest BCUT2D eigenvalue weighted by Crippen LogP contribution is 2.23. The van der Waals surface area contributed by atoms with Crippen LogP contribution in [0.3, 0.4) is 0 Å². The Hall–Kier alpha value is -1.85. The number of benzene rings is 1. The molecule has 0 saturated carbocycles. The van der Waals surface area contributed by atoms with Crippen LogP contribution < -0.4 is 20.3 Å². The van der Waals surface area contributed by atoms with Gasteiger partial charge in [-0.05, 0) is 50.5 Å². The van der Waals surface area contributed by atoms with Crippen LogP contribution in [0, 0.1) is 0 Å². The van der Waals surface area contributed by atoms with E-state index in [1.165, 1.54) is 4.90 Å². The van der Waals surface area contributed by atoms with Gasteiger partial charge in [-0.2, -0.15) is 8.78 Å². The normalized spacial score (nSPS) is 17.6. The standard InChI is InChI=1S/C21H33F2N5O2.HI/c1-5-15(2)25-21(24-13-19(29)27(3)4)26-16-7-6-12-28(14-16)17-8-10-18(11-9-17)30-20(22)23;/h8-11,15-16,20H,5-7,12-14H2,1-4H3,(H2,24,25,26);1H. The van der Waals surface area contributed by atoms with Crippen molar-refractivity contribution in [1.82, 2.24) is 15.5 Å². The summed E-state index contributed by atoms with van der Waals surface area (Å²) < 4.78 is 29.1. The monoisotopic (exact) mass is 553 g/mol. The molecule has 0 radical (unpaired) electrons. The molecule has 0 aromatic heterocycles. The van der Waals surface area contributed by atoms with Crippen molar-refractivity contribution in [2.45, 2.75) is 51.8 Å². The minimum atomic E-state index is -2.82. The molecule has 1 aromatic carbocycles. The summed E-state index contributed by atoms with van der Waals surface area (Å²) in [5, 5.41) is 6.81. The Morgan fingerprint density at radius 1 is 1.32 bits per heavy atom. The zero-order valence-electron chi connectivity index (χ0n) is 18.6. The SMILES string of the molecule is CCC(C)NC(=NCC(=O)N(C)C)NC1CCCN(c2ccc(OC(F)F)cc2)C1.I. The molecule has 1 saturated heterocycles. The molecule has 1 amide bonds. The van der Waals surface area contributed by atoms with E-state index < -0.39 is 6.61 Å². The molecule has 1 fully saturated rings. The van der Waals surface area contributed by atoms with Gasteiger partial charge in [0.05, 0.1) is 0 Å². The maximum absolute atomic E-state index is 12.3. The van der Waals surface area contributed by atoms with E-state index >= 15 is 0 Å². The first kappa shape index (κ1) is 27.2. The van der Waals surface area contributed by atoms with Crippen LogP contribution in [0.15, 0.2) is 29.3 Å². The molecule has 176 valence electrons. The lowest BCUT2D eigenvalue weighted by Gasteiger charge is -2.35. The quantitative estimate of drug-likeness (QED) is 0.294. The van der Waals surface area contributed by atoms with Crippen LogP contribution in [0.5, 0.6) is 5.75 Å². The number of carbonyl (C=O) groups is 1. The van der Waals surface area contributed by atoms with Gasteiger partial charge in [0.25, 0.3) is 0 Å². The topological polar surface area (TPSA) is 69.2 Å². The number of guanidine groups is 1. The van der Waals surface area contributed by atoms with Gasteiger partial charge in [0.1, 0.15) is 12.3 Å². The molecule has 7 nitrogen and oxygen atoms in total. The third kappa shape index (κ3) is 9.44. The molecule has 1 heterocycles. The molecule has 2 rings (SSSR count). The second kappa shape index (κ2) is 13.5. The highest BCUT2D eigenvalue weighted by molar-refractivity contribution is 14.0. The number of rotatable bonds is 8. The average molecular weight is 553 g/mol. The zero-order valence-corrected chi connectivity index (χ0v) is 20.9. The molecule has 0 bridgehead atoms. The van der Waals surface area contributed by atoms with Crippen molar-refractivity contribution in [3.05, 3.63) is 24.3 Å². The Kier molecular flexibility index (Phi) is 11.9. The molecule has 1 aliphatic heterocycles. The van der Waals surface area contributed by atoms with Gasteiger partial charge in [-0.3, -0.25) is 4.79 Å². The Bertz CT molecular complexity index is 704. The summed E-state index contributed by atoms with van der Waals surface area (Å²) in [6, 6.07) is 7.09. The lowest BCUT2D eigenvalue weighted by molar-refractivity contribution is -0.127. The third-order valence-corrected chi connectivity index (χ3v) is 5.06. The summed E-state index contributed by atoms with van der Waals surface area (Å²) in [6.45, 7) is 3.05. The molecule has 0 spiro atoms. The van der Waals surface area contributed by atoms with E-state index in [9.17, 15) is 13.6 Å². The second-order valence-corrected chi connectivity index (χ2v) is 7.71. The molecule has 2 unspecified atom stereocenters. The fourth-order valence-electron chi connectivity index (χ4n) is 3.12. The van der Waals surface area contributed by atoms with Crippen molar-refractivity contribution in [3.8, 4) is 5.75 Å². The lowest BCUT2D eigenvalue weighted by Crippen LogP contribution is -2.53. The first-order valence-corrected chi connectivity index (χ1v) is 10.4. The first-order chi connectivity index (χ1) is 14.3. The van der Waals surface area contributed by atoms with E-state index in [0.29, 0.717) is 5.96 Å². The Balaban J connectivity index is 0.00000480. The number of hydrogen-bond acceptors (Lipinski definition) is 4. The van der Waals surface area contributed by atoms with E-state index in [2.05, 4.69) is 39.1 Å². The lowest BCUT2D eigenvalue weighted by atomic mass is 10.0. The molecule has 2 N–H and O–H groups in total. The minimum absolute atomic E-state index is 0. The van der Waals surface area contributed by atoms with Crippen molar-refractivity contribution in [3.63, 3.8) is 0 Å². The van der Waals surface area contributed by atoms with Gasteiger partial charge in [-0.15, -0.1) is 24.0 Å². The van der Waals surface area contributed by atoms with Crippen molar-refractivity contribution in [2.24, 2.45) is 4.99 Å². The van der Waals surface area contributed by atoms with E-state index in [1.807, 2.05) is 0 Å². The summed E-state index contributed by atoms with van der Waals surface area (Å²) >= 11 is 0. The van der Waals surface area contributed by atoms with Crippen molar-refractivity contribution >= 4 is 41.5 Å². The van der Waals surface area contributed by atoms with Crippen LogP contribution in [0.4, 0.5) is 14.5 Å². The molecule has 1 aliphatic rings. The number of halogens is 3. The van der Waals surface area contributed by atoms with E-state index in [1.54, 1.807) is 38.4 Å². The molecular weight excluding hydrogens is 519 g/mol. The Labute approximate surface area is 200 Å². The van der Waals surface area contributed by atoms with Crippen LogP contribution in [-0.2, 0) is 4.79 Å². The fourth-order valence-corrected chi connectivity index (χ4v) is 3.12. The van der Waals surface area contributed by atoms with Crippen LogP contribution >= 0.6 is 24.0 Å². The fraction of sp³-hybridized carbons (Fsp3) is 0.619. The van der Waals surface area contributed by atoms with Crippen LogP contribution in [0.1, 0.15) is 33.1 Å². The molecule has 10 heteroatoms. The molecular formula is C21H34F2IN5O2. The van der Waals surface area contributed by atoms with E-state index in [0.717, 1.165) is 38.0 Å². The van der Waals surface area contributed by atoms with Gasteiger partial charge >= 0.3 is 6.61 Å². The van der Waals surface area contributed by atoms with Crippen LogP contribution in [-0.4, -0.2) is 69.2 Å². The number of hydrogen-bond donors (Lipinski definition) is 2. The van der Waals surface area contributed by atoms with E-state index in [4.69, 9.17) is 0 Å². The van der Waals surface area contributed by atoms with Gasteiger partial charge in [0, 0.05) is 45.0 Å². The predicted octanol–water partition coefficient (Wildman–Crippen LogP) is 3.30. The van der Waals surface area contributed by atoms with Crippen molar-refractivity contribution in [2.75, 3.05) is 38.6 Å². The van der Waals surface area contributed by atoms with Gasteiger partial charge in [0.2, 0.25) is 5.91 Å². The van der Waals surface area contributed by atoms with Crippen LogP contribution in [0.25, 0.3) is 0 Å². The Morgan fingerprint density at radius 2 is 2.00 bits per heavy atom. The largest absolute Gasteiger partial charge is 0.435 e. The van der Waals surface area contributed by atoms with Gasteiger partial charge in [0.15, 0.2) is 5.96 Å². The van der Waals surface area contributed by atoms with Gasteiger partial charge in [-0.1, -0.05) is 6.92 Å². The number of anilines is 1. The second-order valence-electron chi connectivity index (χ2n) is 7.71. The molecule has 31 heavy (non-hydrogen) atoms. The number of nitrogens with one attached hydrogen (secondary N) is 2. The number of aliphatic imine (C=N–C) groups is 1. The number of amides is 1. The highest BCUT2D eigenvalue weighted by atomic mass is 127. The smallest absolute Gasteiger partial charge is 0.387 e. The maximum Gasteiger partial charge on any atom is 0.387 e. The predicted molar refractivity (Wildman–Crippen MR) is 131 cm³/mol. The van der Waals surface area contributed by atoms with Gasteiger partial charge < -0.3 is 25.2 Å². The number of piperidine rings is 1. The van der Waals surface area contributed by atoms with Crippen molar-refractivity contribution in [1.29, 1.82) is 0 Å². The summed E-state index contributed by atoms with van der Waals surface area (Å²) in [6.07, 6.45) is 2.90. The molecule has 1 aromatic rings. The third-order valence-electron chi connectivity index (χ3n) is 5.06. The molecule has 2 atom stereocenters. The van der Waals surface area contributed by atoms with E-state index in [-0.39, 0.29) is 54.3 Å². The zero-order chi connectivity index (χ0) is 22.1. The van der Waals surface area contributed by atoms with Gasteiger partial charge in [-0.25, -0.2) is 4.99 Å². The summed E-state index contributed by atoms with van der Waals surface area (Å²) in [5.74, 6) is 0.724. The number of likely N-dealkylation sites (N-methyl/N-ethyl adjacent to an activating group) is 1.